The second-order valence-electron chi connectivity index (χ2n) is 4.89. The highest BCUT2D eigenvalue weighted by atomic mass is 32.1. The van der Waals surface area contributed by atoms with Crippen LogP contribution in [0.4, 0.5) is 0 Å². The lowest BCUT2D eigenvalue weighted by atomic mass is 9.84. The fraction of sp³-hybridized carbons (Fsp3) is 0.357. The zero-order valence-electron chi connectivity index (χ0n) is 10.4. The van der Waals surface area contributed by atoms with Crippen LogP contribution in [0.25, 0.3) is 10.1 Å². The van der Waals surface area contributed by atoms with Crippen molar-refractivity contribution in [1.29, 1.82) is 0 Å². The summed E-state index contributed by atoms with van der Waals surface area (Å²) in [6, 6.07) is 8.07. The van der Waals surface area contributed by atoms with Crippen LogP contribution in [0.3, 0.4) is 0 Å². The smallest absolute Gasteiger partial charge is 0.171 e. The van der Waals surface area contributed by atoms with Crippen LogP contribution in [-0.4, -0.2) is 19.4 Å². The molecule has 0 saturated heterocycles. The highest BCUT2D eigenvalue weighted by Crippen LogP contribution is 2.30. The van der Waals surface area contributed by atoms with Gasteiger partial charge in [0.2, 0.25) is 0 Å². The number of thiophene rings is 1. The largest absolute Gasteiger partial charge is 0.319 e. The van der Waals surface area contributed by atoms with Gasteiger partial charge in [-0.1, -0.05) is 32.0 Å². The molecule has 0 spiro atoms. The molecule has 1 aromatic heterocycles. The number of rotatable bonds is 4. The maximum atomic E-state index is 12.5. The summed E-state index contributed by atoms with van der Waals surface area (Å²) in [7, 11) is 1.88. The molecular weight excluding hydrogens is 230 g/mol. The van der Waals surface area contributed by atoms with Gasteiger partial charge in [0.1, 0.15) is 0 Å². The van der Waals surface area contributed by atoms with Crippen LogP contribution < -0.4 is 5.32 Å². The molecule has 90 valence electrons. The van der Waals surface area contributed by atoms with Gasteiger partial charge in [-0.05, 0) is 13.1 Å². The minimum Gasteiger partial charge on any atom is -0.319 e. The van der Waals surface area contributed by atoms with Crippen molar-refractivity contribution >= 4 is 27.2 Å². The summed E-state index contributed by atoms with van der Waals surface area (Å²) in [5.74, 6) is 0.212. The predicted molar refractivity (Wildman–Crippen MR) is 73.9 cm³/mol. The highest BCUT2D eigenvalue weighted by molar-refractivity contribution is 7.17. The Morgan fingerprint density at radius 2 is 2.06 bits per heavy atom. The van der Waals surface area contributed by atoms with E-state index in [4.69, 9.17) is 0 Å². The molecule has 1 aromatic carbocycles. The molecule has 1 heterocycles. The molecule has 2 rings (SSSR count). The molecule has 3 heteroatoms. The zero-order chi connectivity index (χ0) is 12.5. The molecule has 17 heavy (non-hydrogen) atoms. The third-order valence-electron chi connectivity index (χ3n) is 2.96. The third kappa shape index (κ3) is 2.26. The van der Waals surface area contributed by atoms with Crippen molar-refractivity contribution in [3.63, 3.8) is 0 Å². The highest BCUT2D eigenvalue weighted by Gasteiger charge is 2.29. The molecule has 1 N–H and O–H groups in total. The van der Waals surface area contributed by atoms with Gasteiger partial charge < -0.3 is 5.32 Å². The molecule has 0 saturated carbocycles. The first-order chi connectivity index (χ1) is 8.06. The third-order valence-corrected chi connectivity index (χ3v) is 3.92. The average Bonchev–Trinajstić information content (AvgIpc) is 2.71. The molecular formula is C14H17NOS. The molecule has 0 fully saturated rings. The maximum absolute atomic E-state index is 12.5. The first-order valence-corrected chi connectivity index (χ1v) is 6.60. The molecule has 2 aromatic rings. The molecule has 0 radical (unpaired) electrons. The molecule has 0 unspecified atom stereocenters. The lowest BCUT2D eigenvalue weighted by molar-refractivity contribution is 0.0841. The first-order valence-electron chi connectivity index (χ1n) is 5.72. The van der Waals surface area contributed by atoms with Crippen molar-refractivity contribution in [3.8, 4) is 0 Å². The summed E-state index contributed by atoms with van der Waals surface area (Å²) in [5.41, 5.74) is 0.490. The monoisotopic (exact) mass is 247 g/mol. The van der Waals surface area contributed by atoms with E-state index in [1.54, 1.807) is 11.3 Å². The quantitative estimate of drug-likeness (QED) is 0.840. The SMILES string of the molecule is CNCC(C)(C)C(=O)c1csc2ccccc12. The summed E-state index contributed by atoms with van der Waals surface area (Å²) >= 11 is 1.64. The number of benzene rings is 1. The Kier molecular flexibility index (Phi) is 3.31. The van der Waals surface area contributed by atoms with Crippen LogP contribution >= 0.6 is 11.3 Å². The molecule has 0 aliphatic heterocycles. The molecule has 0 aliphatic carbocycles. The summed E-state index contributed by atoms with van der Waals surface area (Å²) in [6.45, 7) is 4.66. The van der Waals surface area contributed by atoms with Crippen LogP contribution in [0, 0.1) is 5.41 Å². The molecule has 0 aliphatic rings. The van der Waals surface area contributed by atoms with E-state index < -0.39 is 0 Å². The summed E-state index contributed by atoms with van der Waals surface area (Å²) < 4.78 is 1.18. The second kappa shape index (κ2) is 4.59. The van der Waals surface area contributed by atoms with Crippen molar-refractivity contribution in [1.82, 2.24) is 5.32 Å². The molecule has 0 amide bonds. The molecule has 0 bridgehead atoms. The summed E-state index contributed by atoms with van der Waals surface area (Å²) in [5, 5.41) is 6.13. The zero-order valence-corrected chi connectivity index (χ0v) is 11.2. The van der Waals surface area contributed by atoms with Crippen molar-refractivity contribution in [2.24, 2.45) is 5.41 Å². The van der Waals surface area contributed by atoms with Crippen molar-refractivity contribution in [3.05, 3.63) is 35.2 Å². The van der Waals surface area contributed by atoms with Crippen LogP contribution in [-0.2, 0) is 0 Å². The van der Waals surface area contributed by atoms with Gasteiger partial charge in [-0.2, -0.15) is 0 Å². The number of carbonyl (C=O) groups is 1. The number of hydrogen-bond donors (Lipinski definition) is 1. The number of nitrogens with one attached hydrogen (secondary N) is 1. The van der Waals surface area contributed by atoms with Crippen LogP contribution in [0.15, 0.2) is 29.6 Å². The Hall–Kier alpha value is -1.19. The van der Waals surface area contributed by atoms with Gasteiger partial charge in [-0.3, -0.25) is 4.79 Å². The lowest BCUT2D eigenvalue weighted by Gasteiger charge is -2.22. The first kappa shape index (κ1) is 12.3. The number of hydrogen-bond acceptors (Lipinski definition) is 3. The average molecular weight is 247 g/mol. The van der Waals surface area contributed by atoms with Gasteiger partial charge in [0.25, 0.3) is 0 Å². The number of ketones is 1. The van der Waals surface area contributed by atoms with E-state index in [1.807, 2.05) is 44.5 Å². The Bertz CT molecular complexity index is 542. The topological polar surface area (TPSA) is 29.1 Å². The fourth-order valence-corrected chi connectivity index (χ4v) is 2.98. The second-order valence-corrected chi connectivity index (χ2v) is 5.80. The standard InChI is InChI=1S/C14H17NOS/c1-14(2,9-15-3)13(16)11-8-17-12-7-5-4-6-10(11)12/h4-8,15H,9H2,1-3H3. The van der Waals surface area contributed by atoms with E-state index in [2.05, 4.69) is 11.4 Å². The van der Waals surface area contributed by atoms with E-state index in [9.17, 15) is 4.79 Å². The minimum atomic E-state index is -0.363. The van der Waals surface area contributed by atoms with E-state index in [0.717, 1.165) is 10.9 Å². The Labute approximate surface area is 106 Å². The lowest BCUT2D eigenvalue weighted by Crippen LogP contribution is -2.34. The Balaban J connectivity index is 2.43. The van der Waals surface area contributed by atoms with Gasteiger partial charge in [-0.25, -0.2) is 0 Å². The van der Waals surface area contributed by atoms with E-state index in [1.165, 1.54) is 4.70 Å². The Morgan fingerprint density at radius 3 is 2.76 bits per heavy atom. The molecule has 2 nitrogen and oxygen atoms in total. The van der Waals surface area contributed by atoms with Gasteiger partial charge >= 0.3 is 0 Å². The summed E-state index contributed by atoms with van der Waals surface area (Å²) in [6.07, 6.45) is 0. The summed E-state index contributed by atoms with van der Waals surface area (Å²) in [4.78, 5) is 12.5. The van der Waals surface area contributed by atoms with E-state index in [0.29, 0.717) is 6.54 Å². The van der Waals surface area contributed by atoms with Gasteiger partial charge in [-0.15, -0.1) is 11.3 Å². The van der Waals surface area contributed by atoms with Crippen LogP contribution in [0.2, 0.25) is 0 Å². The normalized spacial score (nSPS) is 11.9. The van der Waals surface area contributed by atoms with E-state index >= 15 is 0 Å². The minimum absolute atomic E-state index is 0.212. The predicted octanol–water partition coefficient (Wildman–Crippen LogP) is 3.33. The Morgan fingerprint density at radius 1 is 1.35 bits per heavy atom. The van der Waals surface area contributed by atoms with Crippen LogP contribution in [0.5, 0.6) is 0 Å². The van der Waals surface area contributed by atoms with Crippen molar-refractivity contribution in [2.75, 3.05) is 13.6 Å². The maximum Gasteiger partial charge on any atom is 0.171 e. The fourth-order valence-electron chi connectivity index (χ4n) is 2.04. The number of carbonyl (C=O) groups excluding carboxylic acids is 1. The van der Waals surface area contributed by atoms with Crippen molar-refractivity contribution in [2.45, 2.75) is 13.8 Å². The van der Waals surface area contributed by atoms with Crippen LogP contribution in [0.1, 0.15) is 24.2 Å². The van der Waals surface area contributed by atoms with Crippen molar-refractivity contribution < 1.29 is 4.79 Å². The number of fused-ring (bicyclic) bond motifs is 1. The molecule has 0 atom stereocenters. The van der Waals surface area contributed by atoms with E-state index in [-0.39, 0.29) is 11.2 Å². The number of Topliss-reactive ketones (excluding diaryl/α,β-unsaturated/α-hetero) is 1. The van der Waals surface area contributed by atoms with Gasteiger partial charge in [0, 0.05) is 33.0 Å². The van der Waals surface area contributed by atoms with Gasteiger partial charge in [0.15, 0.2) is 5.78 Å². The van der Waals surface area contributed by atoms with Gasteiger partial charge in [0.05, 0.1) is 0 Å².